The molecule has 0 spiro atoms. The van der Waals surface area contributed by atoms with Gasteiger partial charge in [0.2, 0.25) is 5.79 Å². The second-order valence-corrected chi connectivity index (χ2v) is 19.3. The van der Waals surface area contributed by atoms with Crippen molar-refractivity contribution < 1.29 is 67.7 Å². The molecular formula is C49H79NO14. The molecule has 4 rings (SSSR count). The molecule has 4 aliphatic rings. The normalized spacial score (nSPS) is 37.8. The third-order valence-corrected chi connectivity index (χ3v) is 14.3. The lowest BCUT2D eigenvalue weighted by atomic mass is 9.81. The summed E-state index contributed by atoms with van der Waals surface area (Å²) in [6.07, 6.45) is 6.56. The van der Waals surface area contributed by atoms with E-state index in [0.29, 0.717) is 69.8 Å². The van der Waals surface area contributed by atoms with Gasteiger partial charge in [-0.05, 0) is 102 Å². The molecule has 14 atom stereocenters. The fourth-order valence-corrected chi connectivity index (χ4v) is 10.4. The van der Waals surface area contributed by atoms with Crippen molar-refractivity contribution in [3.63, 3.8) is 0 Å². The van der Waals surface area contributed by atoms with Crippen molar-refractivity contribution in [3.8, 4) is 0 Å². The summed E-state index contributed by atoms with van der Waals surface area (Å²) < 4.78 is 34.8. The molecular weight excluding hydrogens is 827 g/mol. The van der Waals surface area contributed by atoms with E-state index in [4.69, 9.17) is 28.4 Å². The molecule has 364 valence electrons. The van der Waals surface area contributed by atoms with Crippen molar-refractivity contribution in [1.82, 2.24) is 4.90 Å². The molecule has 1 amide bonds. The Morgan fingerprint density at radius 2 is 1.53 bits per heavy atom. The van der Waals surface area contributed by atoms with Gasteiger partial charge in [0.05, 0.1) is 37.6 Å². The van der Waals surface area contributed by atoms with Crippen molar-refractivity contribution in [2.75, 3.05) is 35.0 Å². The number of aliphatic hydroxyl groups excluding tert-OH is 2. The molecule has 3 aliphatic heterocycles. The minimum absolute atomic E-state index is 0.0136. The van der Waals surface area contributed by atoms with Gasteiger partial charge in [-0.1, -0.05) is 57.8 Å². The molecule has 3 heterocycles. The second kappa shape index (κ2) is 25.2. The lowest BCUT2D eigenvalue weighted by Gasteiger charge is -2.47. The Hall–Kier alpha value is -3.05. The largest absolute Gasteiger partial charge is 0.469 e. The number of amides is 1. The van der Waals surface area contributed by atoms with Crippen LogP contribution in [0.1, 0.15) is 137 Å². The third-order valence-electron chi connectivity index (χ3n) is 14.3. The monoisotopic (exact) mass is 906 g/mol. The second-order valence-electron chi connectivity index (χ2n) is 19.3. The average Bonchev–Trinajstić information content (AvgIpc) is 3.27. The number of aliphatic hydroxyl groups is 3. The van der Waals surface area contributed by atoms with E-state index in [0.717, 1.165) is 24.8 Å². The minimum Gasteiger partial charge on any atom is -0.469 e. The van der Waals surface area contributed by atoms with Crippen LogP contribution in [0.25, 0.3) is 0 Å². The van der Waals surface area contributed by atoms with Crippen molar-refractivity contribution >= 4 is 29.4 Å². The number of rotatable bonds is 12. The molecule has 0 radical (unpaired) electrons. The van der Waals surface area contributed by atoms with Crippen molar-refractivity contribution in [2.24, 2.45) is 29.6 Å². The summed E-state index contributed by atoms with van der Waals surface area (Å²) in [7, 11) is 5.98. The van der Waals surface area contributed by atoms with Crippen LogP contribution >= 0.6 is 0 Å². The number of piperidine rings is 1. The van der Waals surface area contributed by atoms with E-state index in [1.807, 2.05) is 32.9 Å². The van der Waals surface area contributed by atoms with Crippen LogP contribution < -0.4 is 0 Å². The highest BCUT2D eigenvalue weighted by atomic mass is 16.7. The van der Waals surface area contributed by atoms with Gasteiger partial charge in [-0.2, -0.15) is 0 Å². The van der Waals surface area contributed by atoms with E-state index in [9.17, 15) is 39.3 Å². The number of carbonyl (C=O) groups excluding carboxylic acids is 5. The Kier molecular flexibility index (Phi) is 21.1. The lowest BCUT2D eigenvalue weighted by molar-refractivity contribution is -0.302. The van der Waals surface area contributed by atoms with E-state index in [2.05, 4.69) is 0 Å². The zero-order valence-electron chi connectivity index (χ0n) is 40.0. The Labute approximate surface area is 380 Å². The van der Waals surface area contributed by atoms with E-state index in [-0.39, 0.29) is 55.5 Å². The van der Waals surface area contributed by atoms with E-state index >= 15 is 0 Å². The zero-order valence-corrected chi connectivity index (χ0v) is 40.0. The van der Waals surface area contributed by atoms with Gasteiger partial charge in [-0.3, -0.25) is 19.2 Å². The maximum absolute atomic E-state index is 14.5. The summed E-state index contributed by atoms with van der Waals surface area (Å²) in [5.74, 6) is -8.09. The number of cyclic esters (lactones) is 1. The molecule has 3 fully saturated rings. The first-order chi connectivity index (χ1) is 30.4. The minimum atomic E-state index is -2.53. The number of ketones is 2. The van der Waals surface area contributed by atoms with Crippen LogP contribution in [0, 0.1) is 29.6 Å². The number of ether oxygens (including phenoxy) is 6. The Morgan fingerprint density at radius 1 is 0.859 bits per heavy atom. The molecule has 0 unspecified atom stereocenters. The van der Waals surface area contributed by atoms with Gasteiger partial charge in [-0.25, -0.2) is 4.79 Å². The first kappa shape index (κ1) is 53.6. The predicted molar refractivity (Wildman–Crippen MR) is 237 cm³/mol. The lowest BCUT2D eigenvalue weighted by Crippen LogP contribution is -2.64. The van der Waals surface area contributed by atoms with E-state index < -0.39 is 83.9 Å². The number of hydrogen-bond acceptors (Lipinski definition) is 14. The molecule has 1 saturated carbocycles. The zero-order chi connectivity index (χ0) is 47.3. The quantitative estimate of drug-likeness (QED) is 0.0948. The smallest absolute Gasteiger partial charge is 0.329 e. The molecule has 0 aromatic heterocycles. The highest BCUT2D eigenvalue weighted by Crippen LogP contribution is 2.39. The molecule has 15 nitrogen and oxygen atoms in total. The fourth-order valence-electron chi connectivity index (χ4n) is 10.4. The summed E-state index contributed by atoms with van der Waals surface area (Å²) >= 11 is 0. The Balaban J connectivity index is 1.75. The van der Waals surface area contributed by atoms with Crippen LogP contribution in [-0.4, -0.2) is 139 Å². The van der Waals surface area contributed by atoms with Crippen molar-refractivity contribution in [1.29, 1.82) is 0 Å². The van der Waals surface area contributed by atoms with Crippen LogP contribution in [0.4, 0.5) is 0 Å². The Morgan fingerprint density at radius 3 is 2.20 bits per heavy atom. The maximum Gasteiger partial charge on any atom is 0.329 e. The van der Waals surface area contributed by atoms with Gasteiger partial charge in [0.15, 0.2) is 0 Å². The number of carbonyl (C=O) groups is 5. The van der Waals surface area contributed by atoms with Crippen LogP contribution in [0.2, 0.25) is 0 Å². The molecule has 0 aromatic rings. The number of hydrogen-bond donors (Lipinski definition) is 3. The van der Waals surface area contributed by atoms with Gasteiger partial charge in [0.25, 0.3) is 11.7 Å². The topological polar surface area (TPSA) is 205 Å². The van der Waals surface area contributed by atoms with Crippen molar-refractivity contribution in [3.05, 3.63) is 23.3 Å². The van der Waals surface area contributed by atoms with Crippen molar-refractivity contribution in [2.45, 2.75) is 192 Å². The van der Waals surface area contributed by atoms with Gasteiger partial charge in [-0.15, -0.1) is 0 Å². The Bertz CT molecular complexity index is 1630. The molecule has 2 saturated heterocycles. The van der Waals surface area contributed by atoms with Gasteiger partial charge < -0.3 is 48.6 Å². The number of allylic oxidation sites excluding steroid dienone is 3. The first-order valence-corrected chi connectivity index (χ1v) is 23.7. The van der Waals surface area contributed by atoms with Crippen LogP contribution in [0.15, 0.2) is 23.3 Å². The number of methoxy groups -OCH3 is 4. The third kappa shape index (κ3) is 14.0. The summed E-state index contributed by atoms with van der Waals surface area (Å²) in [5, 5.41) is 34.5. The average molecular weight is 906 g/mol. The summed E-state index contributed by atoms with van der Waals surface area (Å²) in [5.41, 5.74) is 1.61. The van der Waals surface area contributed by atoms with Crippen LogP contribution in [0.5, 0.6) is 0 Å². The van der Waals surface area contributed by atoms with Gasteiger partial charge in [0.1, 0.15) is 24.0 Å². The highest BCUT2D eigenvalue weighted by Gasteiger charge is 2.56. The molecule has 1 aliphatic carbocycles. The van der Waals surface area contributed by atoms with E-state index in [1.54, 1.807) is 21.0 Å². The highest BCUT2D eigenvalue weighted by molar-refractivity contribution is 6.39. The molecule has 64 heavy (non-hydrogen) atoms. The summed E-state index contributed by atoms with van der Waals surface area (Å²) in [6, 6.07) is -1.16. The molecule has 3 N–H and O–H groups in total. The number of nitrogens with zero attached hydrogens (tertiary/aromatic N) is 1. The fraction of sp³-hybridized carbons (Fsp3) is 0.816. The number of fused-ring (bicyclic) bond motifs is 3. The molecule has 0 aromatic carbocycles. The number of Topliss-reactive ketones (excluding diaryl/α,β-unsaturated/α-hetero) is 2. The number of esters is 2. The molecule has 2 bridgehead atoms. The van der Waals surface area contributed by atoms with Gasteiger partial charge >= 0.3 is 11.9 Å². The summed E-state index contributed by atoms with van der Waals surface area (Å²) in [6.45, 7) is 9.28. The summed E-state index contributed by atoms with van der Waals surface area (Å²) in [4.78, 5) is 70.3. The van der Waals surface area contributed by atoms with Crippen LogP contribution in [0.3, 0.4) is 0 Å². The SMILES string of the molecule is COC(=O)CCCCCC[C@@H]1/C=C(\C)C[C@H](C)C[C@H](OC)[C@H]2O[C@@](O)(C(=O)C(=O)N3CCCC[C@H]3C(=O)O[C@H](/C(C)=C/[C@@H]3CC[C@@H](O)[C@H](OC)C3)[C@H](C)[C@@H](O)CC1=O)[C@H](C)C[C@@H]2OC. The first-order valence-electron chi connectivity index (χ1n) is 23.7. The van der Waals surface area contributed by atoms with Gasteiger partial charge in [0, 0.05) is 58.5 Å². The maximum atomic E-state index is 14.5. The standard InChI is InChI=1S/C49H79NO14/c1-29-22-30(2)24-41(60-7)45-42(61-8)26-32(4)49(58,64-45)46(55)47(56)50-21-15-14-17-36(50)48(57)63-44(31(3)25-34-19-20-37(51)40(27-34)59-6)33(5)38(52)28-39(53)35(23-29)16-12-10-11-13-18-43(54)62-9/h23,25,30,32-38,40-42,44-45,51-52,58H,10-22,24,26-28H2,1-9H3/b29-23+,31-25+/t30-,32+,33+,34-,35+,36-,37+,38-,40+,41-,42-,44+,45+,49+/m0/s1. The van der Waals surface area contributed by atoms with Crippen LogP contribution in [-0.2, 0) is 52.4 Å². The van der Waals surface area contributed by atoms with E-state index in [1.165, 1.54) is 26.2 Å². The predicted octanol–water partition coefficient (Wildman–Crippen LogP) is 5.58. The molecule has 15 heteroatoms. The number of unbranched alkanes of at least 4 members (excludes halogenated alkanes) is 3.